The number of carbonyl (C=O) groups excluding carboxylic acids is 2. The summed E-state index contributed by atoms with van der Waals surface area (Å²) in [5, 5.41) is 12.9. The van der Waals surface area contributed by atoms with Crippen molar-refractivity contribution in [1.29, 1.82) is 0 Å². The minimum absolute atomic E-state index is 0.0118. The molecule has 4 rings (SSSR count). The van der Waals surface area contributed by atoms with Crippen LogP contribution in [0.15, 0.2) is 53.5 Å². The largest absolute Gasteiger partial charge is 0.504 e. The predicted octanol–water partition coefficient (Wildman–Crippen LogP) is 2.31. The summed E-state index contributed by atoms with van der Waals surface area (Å²) in [5.41, 5.74) is 1.86. The Morgan fingerprint density at radius 1 is 1.09 bits per heavy atom. The van der Waals surface area contributed by atoms with Gasteiger partial charge in [0.1, 0.15) is 6.04 Å². The summed E-state index contributed by atoms with van der Waals surface area (Å²) in [7, 11) is 0. The van der Waals surface area contributed by atoms with E-state index < -0.39 is 23.8 Å². The fraction of sp³-hybridized carbons (Fsp3) is 0.423. The van der Waals surface area contributed by atoms with E-state index >= 15 is 0 Å². The first-order valence-electron chi connectivity index (χ1n) is 12.0. The van der Waals surface area contributed by atoms with Crippen molar-refractivity contribution in [3.63, 3.8) is 0 Å². The number of ether oxygens (including phenoxy) is 2. The van der Waals surface area contributed by atoms with Gasteiger partial charge in [-0.05, 0) is 37.1 Å². The molecule has 0 saturated carbocycles. The topological polar surface area (TPSA) is 104 Å². The number of aliphatic imine (C=N–C) groups is 1. The molecule has 9 nitrogen and oxygen atoms in total. The van der Waals surface area contributed by atoms with Gasteiger partial charge >= 0.3 is 5.97 Å². The fourth-order valence-electron chi connectivity index (χ4n) is 4.41. The second-order valence-electron chi connectivity index (χ2n) is 8.53. The van der Waals surface area contributed by atoms with Gasteiger partial charge in [-0.3, -0.25) is 19.8 Å². The number of rotatable bonds is 7. The first-order chi connectivity index (χ1) is 17.0. The third-order valence-electron chi connectivity index (χ3n) is 6.18. The van der Waals surface area contributed by atoms with E-state index in [0.29, 0.717) is 31.2 Å². The van der Waals surface area contributed by atoms with Crippen LogP contribution in [0.3, 0.4) is 0 Å². The fourth-order valence-corrected chi connectivity index (χ4v) is 4.41. The van der Waals surface area contributed by atoms with E-state index in [4.69, 9.17) is 14.5 Å². The van der Waals surface area contributed by atoms with Crippen LogP contribution in [0, 0.1) is 5.92 Å². The summed E-state index contributed by atoms with van der Waals surface area (Å²) in [5.74, 6) is -1.48. The Labute approximate surface area is 205 Å². The quantitative estimate of drug-likeness (QED) is 0.463. The zero-order valence-electron chi connectivity index (χ0n) is 20.1. The van der Waals surface area contributed by atoms with Crippen LogP contribution < -0.4 is 10.1 Å². The van der Waals surface area contributed by atoms with E-state index in [2.05, 4.69) is 22.3 Å². The van der Waals surface area contributed by atoms with Crippen molar-refractivity contribution in [2.45, 2.75) is 26.4 Å². The minimum Gasteiger partial charge on any atom is -0.504 e. The lowest BCUT2D eigenvalue weighted by Crippen LogP contribution is -2.57. The number of piperazine rings is 1. The number of nitrogens with zero attached hydrogens (tertiary/aromatic N) is 3. The standard InChI is InChI=1S/C26H32N4O5/c1-3-34-21-16-19(10-11-20(21)31)23-22(25(33)35-4-2)24(32)28-26(27-23)30-14-12-29(13-15-30)17-18-8-6-5-7-9-18/h5-11,16,22-23,31H,3-4,12-15,17H2,1-2H3,(H,27,28,32)/t22-,23+/m1/s1. The van der Waals surface area contributed by atoms with Gasteiger partial charge in [0, 0.05) is 32.7 Å². The van der Waals surface area contributed by atoms with E-state index in [-0.39, 0.29) is 18.1 Å². The second-order valence-corrected chi connectivity index (χ2v) is 8.53. The molecule has 0 spiro atoms. The molecule has 1 saturated heterocycles. The van der Waals surface area contributed by atoms with E-state index in [9.17, 15) is 14.7 Å². The van der Waals surface area contributed by atoms with Gasteiger partial charge in [-0.1, -0.05) is 36.4 Å². The predicted molar refractivity (Wildman–Crippen MR) is 131 cm³/mol. The number of aromatic hydroxyl groups is 1. The van der Waals surface area contributed by atoms with Crippen LogP contribution in [0.2, 0.25) is 0 Å². The average molecular weight is 481 g/mol. The molecule has 2 aromatic carbocycles. The number of hydrogen-bond acceptors (Lipinski definition) is 8. The van der Waals surface area contributed by atoms with Crippen molar-refractivity contribution in [3.05, 3.63) is 59.7 Å². The maximum atomic E-state index is 13.1. The van der Waals surface area contributed by atoms with Crippen molar-refractivity contribution in [3.8, 4) is 11.5 Å². The number of esters is 1. The van der Waals surface area contributed by atoms with Crippen LogP contribution >= 0.6 is 0 Å². The van der Waals surface area contributed by atoms with Gasteiger partial charge < -0.3 is 19.5 Å². The molecule has 186 valence electrons. The summed E-state index contributed by atoms with van der Waals surface area (Å²) in [6.07, 6.45) is 0. The van der Waals surface area contributed by atoms with Crippen LogP contribution in [0.5, 0.6) is 11.5 Å². The molecule has 1 fully saturated rings. The summed E-state index contributed by atoms with van der Waals surface area (Å²) >= 11 is 0. The molecule has 2 aromatic rings. The van der Waals surface area contributed by atoms with Crippen molar-refractivity contribution in [2.75, 3.05) is 39.4 Å². The molecule has 2 aliphatic heterocycles. The Bertz CT molecular complexity index is 1070. The number of guanidine groups is 1. The molecule has 35 heavy (non-hydrogen) atoms. The molecule has 2 atom stereocenters. The van der Waals surface area contributed by atoms with Gasteiger partial charge in [0.25, 0.3) is 0 Å². The smallest absolute Gasteiger partial charge is 0.321 e. The minimum atomic E-state index is -1.13. The molecule has 2 aliphatic rings. The Kier molecular flexibility index (Phi) is 7.87. The van der Waals surface area contributed by atoms with Crippen molar-refractivity contribution in [1.82, 2.24) is 15.1 Å². The third-order valence-corrected chi connectivity index (χ3v) is 6.18. The summed E-state index contributed by atoms with van der Waals surface area (Å²) in [6, 6.07) is 14.3. The number of nitrogens with one attached hydrogen (secondary N) is 1. The average Bonchev–Trinajstić information content (AvgIpc) is 2.86. The maximum Gasteiger partial charge on any atom is 0.321 e. The van der Waals surface area contributed by atoms with Gasteiger partial charge in [-0.2, -0.15) is 0 Å². The van der Waals surface area contributed by atoms with Crippen molar-refractivity contribution >= 4 is 17.8 Å². The molecule has 0 aromatic heterocycles. The number of benzene rings is 2. The van der Waals surface area contributed by atoms with E-state index in [1.54, 1.807) is 19.1 Å². The van der Waals surface area contributed by atoms with Crippen molar-refractivity contribution < 1.29 is 24.2 Å². The van der Waals surface area contributed by atoms with Gasteiger partial charge in [-0.15, -0.1) is 0 Å². The van der Waals surface area contributed by atoms with E-state index in [1.807, 2.05) is 30.0 Å². The molecule has 0 radical (unpaired) electrons. The molecule has 9 heteroatoms. The highest BCUT2D eigenvalue weighted by Crippen LogP contribution is 2.36. The first-order valence-corrected chi connectivity index (χ1v) is 12.0. The van der Waals surface area contributed by atoms with Crippen molar-refractivity contribution in [2.24, 2.45) is 10.9 Å². The number of amides is 1. The van der Waals surface area contributed by atoms with Crippen LogP contribution in [0.25, 0.3) is 0 Å². The summed E-state index contributed by atoms with van der Waals surface area (Å²) in [6.45, 7) is 7.95. The Morgan fingerprint density at radius 2 is 1.83 bits per heavy atom. The van der Waals surface area contributed by atoms with E-state index in [0.717, 1.165) is 19.6 Å². The molecule has 1 amide bonds. The highest BCUT2D eigenvalue weighted by molar-refractivity contribution is 6.08. The van der Waals surface area contributed by atoms with Crippen LogP contribution in [0.4, 0.5) is 0 Å². The molecule has 2 heterocycles. The second kappa shape index (κ2) is 11.2. The lowest BCUT2D eigenvalue weighted by atomic mass is 9.91. The third kappa shape index (κ3) is 5.74. The zero-order valence-corrected chi connectivity index (χ0v) is 20.1. The van der Waals surface area contributed by atoms with Gasteiger partial charge in [-0.25, -0.2) is 4.99 Å². The van der Waals surface area contributed by atoms with Crippen LogP contribution in [-0.4, -0.2) is 72.1 Å². The zero-order chi connectivity index (χ0) is 24.8. The molecular formula is C26H32N4O5. The van der Waals surface area contributed by atoms with Crippen LogP contribution in [-0.2, 0) is 20.9 Å². The highest BCUT2D eigenvalue weighted by atomic mass is 16.5. The molecule has 0 aliphatic carbocycles. The monoisotopic (exact) mass is 480 g/mol. The highest BCUT2D eigenvalue weighted by Gasteiger charge is 2.42. The van der Waals surface area contributed by atoms with E-state index in [1.165, 1.54) is 11.6 Å². The first kappa shape index (κ1) is 24.5. The lowest BCUT2D eigenvalue weighted by molar-refractivity contribution is -0.153. The Hall–Kier alpha value is -3.59. The molecule has 2 N–H and O–H groups in total. The lowest BCUT2D eigenvalue weighted by Gasteiger charge is -2.39. The number of hydrogen-bond donors (Lipinski definition) is 2. The Balaban J connectivity index is 1.55. The SMILES string of the molecule is CCOC(=O)[C@H]1C(=O)NC(N2CCN(Cc3ccccc3)CC2)=N[C@H]1c1ccc(O)c(OCC)c1. The molecular weight excluding hydrogens is 448 g/mol. The molecule has 0 bridgehead atoms. The van der Waals surface area contributed by atoms with Gasteiger partial charge in [0.05, 0.1) is 13.2 Å². The number of phenols is 1. The van der Waals surface area contributed by atoms with Crippen LogP contribution in [0.1, 0.15) is 31.0 Å². The molecule has 0 unspecified atom stereocenters. The number of carbonyl (C=O) groups is 2. The summed E-state index contributed by atoms with van der Waals surface area (Å²) in [4.78, 5) is 35.0. The maximum absolute atomic E-state index is 13.1. The number of phenolic OH excluding ortho intramolecular Hbond substituents is 1. The Morgan fingerprint density at radius 3 is 2.51 bits per heavy atom. The summed E-state index contributed by atoms with van der Waals surface area (Å²) < 4.78 is 10.7. The van der Waals surface area contributed by atoms with Gasteiger partial charge in [0.2, 0.25) is 11.9 Å². The normalized spacial score (nSPS) is 20.7. The van der Waals surface area contributed by atoms with Gasteiger partial charge in [0.15, 0.2) is 17.4 Å².